The zero-order valence-corrected chi connectivity index (χ0v) is 15.6. The minimum atomic E-state index is -3.28. The maximum Gasteiger partial charge on any atom is 0.260 e. The van der Waals surface area contributed by atoms with Crippen LogP contribution in [0.3, 0.4) is 0 Å². The minimum Gasteiger partial charge on any atom is -0.484 e. The molecule has 2 heterocycles. The third-order valence-corrected chi connectivity index (χ3v) is 6.78. The van der Waals surface area contributed by atoms with Gasteiger partial charge in [-0.2, -0.15) is 0 Å². The number of sulfone groups is 1. The van der Waals surface area contributed by atoms with Crippen molar-refractivity contribution in [2.45, 2.75) is 30.8 Å². The molecule has 1 fully saturated rings. The van der Waals surface area contributed by atoms with Gasteiger partial charge in [-0.15, -0.1) is 0 Å². The topological polar surface area (TPSA) is 76.8 Å². The van der Waals surface area contributed by atoms with E-state index in [-0.39, 0.29) is 18.3 Å². The highest BCUT2D eigenvalue weighted by molar-refractivity contribution is 7.91. The molecule has 1 aromatic carbocycles. The van der Waals surface area contributed by atoms with Gasteiger partial charge >= 0.3 is 0 Å². The molecule has 140 valence electrons. The van der Waals surface area contributed by atoms with Crippen molar-refractivity contribution in [3.8, 4) is 5.75 Å². The normalized spacial score (nSPS) is 15.8. The summed E-state index contributed by atoms with van der Waals surface area (Å²) in [7, 11) is -3.28. The van der Waals surface area contributed by atoms with Gasteiger partial charge in [0.15, 0.2) is 16.4 Å². The molecule has 7 heteroatoms. The number of rotatable bonds is 6. The number of amides is 1. The van der Waals surface area contributed by atoms with Gasteiger partial charge in [0.05, 0.1) is 11.5 Å². The number of likely N-dealkylation sites (tertiary alicyclic amines) is 1. The number of piperidine rings is 1. The predicted octanol–water partition coefficient (Wildman–Crippen LogP) is 2.57. The Bertz CT molecular complexity index is 819. The summed E-state index contributed by atoms with van der Waals surface area (Å²) in [4.78, 5) is 14.0. The van der Waals surface area contributed by atoms with Crippen molar-refractivity contribution in [3.05, 3.63) is 54.0 Å². The molecule has 1 aliphatic heterocycles. The molecule has 0 spiro atoms. The molecular formula is C19H23NO5S. The number of nitrogens with zero attached hydrogens (tertiary/aromatic N) is 1. The van der Waals surface area contributed by atoms with Crippen molar-refractivity contribution in [1.29, 1.82) is 0 Å². The van der Waals surface area contributed by atoms with Crippen LogP contribution in [0.15, 0.2) is 47.1 Å². The van der Waals surface area contributed by atoms with Crippen molar-refractivity contribution in [2.24, 2.45) is 0 Å². The zero-order valence-electron chi connectivity index (χ0n) is 14.8. The van der Waals surface area contributed by atoms with E-state index < -0.39 is 15.1 Å². The molecule has 0 saturated carbocycles. The Balaban J connectivity index is 1.48. The van der Waals surface area contributed by atoms with Crippen LogP contribution in [-0.4, -0.2) is 44.2 Å². The van der Waals surface area contributed by atoms with E-state index in [0.717, 1.165) is 5.56 Å². The first-order valence-electron chi connectivity index (χ1n) is 8.65. The van der Waals surface area contributed by atoms with Crippen LogP contribution in [0.4, 0.5) is 0 Å². The summed E-state index contributed by atoms with van der Waals surface area (Å²) < 4.78 is 35.6. The third kappa shape index (κ3) is 4.66. The number of ether oxygens (including phenoxy) is 1. The van der Waals surface area contributed by atoms with E-state index >= 15 is 0 Å². The van der Waals surface area contributed by atoms with Crippen LogP contribution in [0.5, 0.6) is 5.75 Å². The Hall–Kier alpha value is -2.28. The third-order valence-electron chi connectivity index (χ3n) is 4.61. The lowest BCUT2D eigenvalue weighted by atomic mass is 10.1. The number of hydrogen-bond acceptors (Lipinski definition) is 5. The van der Waals surface area contributed by atoms with E-state index in [1.54, 1.807) is 17.0 Å². The summed E-state index contributed by atoms with van der Waals surface area (Å²) in [6.07, 6.45) is 2.36. The monoisotopic (exact) mass is 377 g/mol. The van der Waals surface area contributed by atoms with Crippen molar-refractivity contribution in [3.63, 3.8) is 0 Å². The quantitative estimate of drug-likeness (QED) is 0.773. The predicted molar refractivity (Wildman–Crippen MR) is 97.6 cm³/mol. The molecule has 2 aromatic rings. The summed E-state index contributed by atoms with van der Waals surface area (Å²) in [6.45, 7) is 2.81. The van der Waals surface area contributed by atoms with Gasteiger partial charge in [0, 0.05) is 13.1 Å². The number of carbonyl (C=O) groups is 1. The molecule has 1 aromatic heterocycles. The molecule has 26 heavy (non-hydrogen) atoms. The summed E-state index contributed by atoms with van der Waals surface area (Å²) in [5.41, 5.74) is 1.13. The van der Waals surface area contributed by atoms with Crippen molar-refractivity contribution in [2.75, 3.05) is 19.7 Å². The van der Waals surface area contributed by atoms with E-state index in [0.29, 0.717) is 37.4 Å². The second-order valence-electron chi connectivity index (χ2n) is 6.57. The van der Waals surface area contributed by atoms with Crippen LogP contribution in [0.2, 0.25) is 0 Å². The first-order valence-corrected chi connectivity index (χ1v) is 10.4. The van der Waals surface area contributed by atoms with Crippen LogP contribution in [0.1, 0.15) is 24.2 Å². The Morgan fingerprint density at radius 1 is 1.19 bits per heavy atom. The van der Waals surface area contributed by atoms with E-state index in [2.05, 4.69) is 0 Å². The molecule has 0 unspecified atom stereocenters. The second-order valence-corrected chi connectivity index (χ2v) is 8.85. The lowest BCUT2D eigenvalue weighted by molar-refractivity contribution is -0.134. The Kier molecular flexibility index (Phi) is 5.66. The van der Waals surface area contributed by atoms with Crippen molar-refractivity contribution in [1.82, 2.24) is 4.90 Å². The number of carbonyl (C=O) groups excluding carboxylic acids is 1. The molecule has 1 saturated heterocycles. The average molecular weight is 377 g/mol. The summed E-state index contributed by atoms with van der Waals surface area (Å²) in [6, 6.07) is 10.9. The number of furan rings is 1. The average Bonchev–Trinajstić information content (AvgIpc) is 3.13. The number of hydrogen-bond donors (Lipinski definition) is 0. The fraction of sp³-hybridized carbons (Fsp3) is 0.421. The largest absolute Gasteiger partial charge is 0.484 e. The van der Waals surface area contributed by atoms with Crippen LogP contribution in [-0.2, 0) is 20.4 Å². The number of aryl methyl sites for hydroxylation is 1. The molecular weight excluding hydrogens is 354 g/mol. The van der Waals surface area contributed by atoms with Crippen LogP contribution < -0.4 is 4.74 Å². The second kappa shape index (κ2) is 7.95. The molecule has 1 aliphatic rings. The number of benzene rings is 1. The minimum absolute atomic E-state index is 0.0348. The Morgan fingerprint density at radius 2 is 1.88 bits per heavy atom. The Labute approximate surface area is 153 Å². The lowest BCUT2D eigenvalue weighted by Crippen LogP contribution is -2.44. The molecule has 3 rings (SSSR count). The molecule has 6 nitrogen and oxygen atoms in total. The standard InChI is InChI=1S/C19H23NO5S/c1-15-4-6-16(7-5-15)25-13-19(21)20-10-8-18(9-11-20)26(22,23)14-17-3-2-12-24-17/h2-7,12,18H,8-11,13-14H2,1H3. The van der Waals surface area contributed by atoms with Crippen molar-refractivity contribution < 1.29 is 22.4 Å². The maximum atomic E-state index is 12.5. The summed E-state index contributed by atoms with van der Waals surface area (Å²) in [5, 5.41) is -0.435. The van der Waals surface area contributed by atoms with E-state index in [9.17, 15) is 13.2 Å². The summed E-state index contributed by atoms with van der Waals surface area (Å²) in [5.74, 6) is 0.900. The lowest BCUT2D eigenvalue weighted by Gasteiger charge is -2.31. The highest BCUT2D eigenvalue weighted by Gasteiger charge is 2.32. The van der Waals surface area contributed by atoms with Gasteiger partial charge < -0.3 is 14.1 Å². The van der Waals surface area contributed by atoms with Crippen LogP contribution >= 0.6 is 0 Å². The molecule has 0 bridgehead atoms. The van der Waals surface area contributed by atoms with Gasteiger partial charge in [0.2, 0.25) is 0 Å². The van der Waals surface area contributed by atoms with Gasteiger partial charge in [-0.3, -0.25) is 4.79 Å². The molecule has 0 aliphatic carbocycles. The van der Waals surface area contributed by atoms with E-state index in [1.807, 2.05) is 31.2 Å². The van der Waals surface area contributed by atoms with Gasteiger partial charge in [0.1, 0.15) is 17.3 Å². The molecule has 0 radical (unpaired) electrons. The highest BCUT2D eigenvalue weighted by atomic mass is 32.2. The highest BCUT2D eigenvalue weighted by Crippen LogP contribution is 2.22. The maximum absolute atomic E-state index is 12.5. The first kappa shape index (κ1) is 18.5. The van der Waals surface area contributed by atoms with Crippen molar-refractivity contribution >= 4 is 15.7 Å². The smallest absolute Gasteiger partial charge is 0.260 e. The fourth-order valence-corrected chi connectivity index (χ4v) is 4.77. The molecule has 0 atom stereocenters. The molecule has 1 amide bonds. The van der Waals surface area contributed by atoms with Gasteiger partial charge in [-0.25, -0.2) is 8.42 Å². The van der Waals surface area contributed by atoms with Crippen LogP contribution in [0.25, 0.3) is 0 Å². The summed E-state index contributed by atoms with van der Waals surface area (Å²) >= 11 is 0. The Morgan fingerprint density at radius 3 is 2.50 bits per heavy atom. The van der Waals surface area contributed by atoms with Gasteiger partial charge in [0.25, 0.3) is 5.91 Å². The van der Waals surface area contributed by atoms with Crippen LogP contribution in [0, 0.1) is 6.92 Å². The van der Waals surface area contributed by atoms with E-state index in [1.165, 1.54) is 6.26 Å². The first-order chi connectivity index (χ1) is 12.4. The molecule has 0 N–H and O–H groups in total. The van der Waals surface area contributed by atoms with Gasteiger partial charge in [-0.05, 0) is 44.0 Å². The fourth-order valence-electron chi connectivity index (χ4n) is 3.05. The van der Waals surface area contributed by atoms with Gasteiger partial charge in [-0.1, -0.05) is 17.7 Å². The van der Waals surface area contributed by atoms with E-state index in [4.69, 9.17) is 9.15 Å². The SMILES string of the molecule is Cc1ccc(OCC(=O)N2CCC(S(=O)(=O)Cc3ccco3)CC2)cc1. The zero-order chi connectivity index (χ0) is 18.6.